The molecule has 0 aromatic carbocycles. The number of hydrogen-bond acceptors (Lipinski definition) is 5. The molecule has 0 radical (unpaired) electrons. The fraction of sp³-hybridized carbons (Fsp3) is 0. The standard InChI is InChI=1S/C5H6N4O2/c6-3-1-2-4(9(10)11)8-5(3)7/h1-2H,6H2,(H2,7,8). The summed E-state index contributed by atoms with van der Waals surface area (Å²) in [4.78, 5) is 12.9. The van der Waals surface area contributed by atoms with Crippen LogP contribution in [-0.4, -0.2) is 9.91 Å². The van der Waals surface area contributed by atoms with Gasteiger partial charge in [0.05, 0.1) is 0 Å². The third-order valence-electron chi connectivity index (χ3n) is 1.13. The Labute approximate surface area is 62.0 Å². The van der Waals surface area contributed by atoms with E-state index in [1.807, 2.05) is 0 Å². The van der Waals surface area contributed by atoms with Gasteiger partial charge in [0.25, 0.3) is 5.82 Å². The SMILES string of the molecule is Nc1ccc([N+](=O)[O-])nc1N. The van der Waals surface area contributed by atoms with Crippen LogP contribution in [0.4, 0.5) is 17.3 Å². The molecule has 1 rings (SSSR count). The van der Waals surface area contributed by atoms with E-state index in [0.29, 0.717) is 0 Å². The van der Waals surface area contributed by atoms with Gasteiger partial charge in [-0.2, -0.15) is 0 Å². The van der Waals surface area contributed by atoms with Crippen molar-refractivity contribution in [1.29, 1.82) is 0 Å². The van der Waals surface area contributed by atoms with Gasteiger partial charge in [0.2, 0.25) is 0 Å². The van der Waals surface area contributed by atoms with Gasteiger partial charge < -0.3 is 21.6 Å². The molecule has 58 valence electrons. The zero-order valence-corrected chi connectivity index (χ0v) is 5.52. The van der Waals surface area contributed by atoms with E-state index in [0.717, 1.165) is 0 Å². The van der Waals surface area contributed by atoms with Gasteiger partial charge in [-0.3, -0.25) is 0 Å². The predicted octanol–water partition coefficient (Wildman–Crippen LogP) is 0.154. The lowest BCUT2D eigenvalue weighted by molar-refractivity contribution is -0.389. The number of rotatable bonds is 1. The van der Waals surface area contributed by atoms with Gasteiger partial charge in [-0.15, -0.1) is 0 Å². The van der Waals surface area contributed by atoms with Gasteiger partial charge >= 0.3 is 5.82 Å². The molecule has 0 spiro atoms. The Kier molecular flexibility index (Phi) is 1.59. The lowest BCUT2D eigenvalue weighted by atomic mass is 10.4. The fourth-order valence-corrected chi connectivity index (χ4v) is 0.577. The number of nitro groups is 1. The molecule has 0 fully saturated rings. The van der Waals surface area contributed by atoms with Crippen molar-refractivity contribution in [2.75, 3.05) is 11.5 Å². The van der Waals surface area contributed by atoms with Crippen molar-refractivity contribution < 1.29 is 4.92 Å². The van der Waals surface area contributed by atoms with Crippen molar-refractivity contribution in [3.8, 4) is 0 Å². The minimum absolute atomic E-state index is 0.0146. The summed E-state index contributed by atoms with van der Waals surface area (Å²) < 4.78 is 0. The third kappa shape index (κ3) is 1.34. The molecule has 0 saturated heterocycles. The van der Waals surface area contributed by atoms with Crippen molar-refractivity contribution in [2.24, 2.45) is 0 Å². The van der Waals surface area contributed by atoms with E-state index in [4.69, 9.17) is 11.5 Å². The van der Waals surface area contributed by atoms with Crippen molar-refractivity contribution in [3.63, 3.8) is 0 Å². The first kappa shape index (κ1) is 7.26. The molecule has 1 aromatic heterocycles. The monoisotopic (exact) mass is 154 g/mol. The molecule has 1 heterocycles. The first-order valence-corrected chi connectivity index (χ1v) is 2.77. The number of nitrogen functional groups attached to an aromatic ring is 2. The van der Waals surface area contributed by atoms with E-state index < -0.39 is 4.92 Å². The second-order valence-electron chi connectivity index (χ2n) is 1.90. The summed E-state index contributed by atoms with van der Waals surface area (Å²) in [5.41, 5.74) is 10.7. The zero-order chi connectivity index (χ0) is 8.43. The average molecular weight is 154 g/mol. The van der Waals surface area contributed by atoms with Crippen molar-refractivity contribution >= 4 is 17.3 Å². The Bertz CT molecular complexity index is 299. The molecule has 4 N–H and O–H groups in total. The van der Waals surface area contributed by atoms with Crippen LogP contribution in [0.15, 0.2) is 12.1 Å². The van der Waals surface area contributed by atoms with Gasteiger partial charge in [0, 0.05) is 6.07 Å². The Balaban J connectivity index is 3.15. The second-order valence-corrected chi connectivity index (χ2v) is 1.90. The average Bonchev–Trinajstić information content (AvgIpc) is 1.94. The van der Waals surface area contributed by atoms with Crippen molar-refractivity contribution in [1.82, 2.24) is 4.98 Å². The number of nitrogens with two attached hydrogens (primary N) is 2. The minimum Gasteiger partial charge on any atom is -0.394 e. The Hall–Kier alpha value is -1.85. The minimum atomic E-state index is -0.629. The number of aromatic nitrogens is 1. The van der Waals surface area contributed by atoms with Crippen LogP contribution in [0.1, 0.15) is 0 Å². The topological polar surface area (TPSA) is 108 Å². The smallest absolute Gasteiger partial charge is 0.365 e. The molecule has 0 unspecified atom stereocenters. The Morgan fingerprint density at radius 2 is 2.09 bits per heavy atom. The van der Waals surface area contributed by atoms with E-state index in [-0.39, 0.29) is 17.3 Å². The summed E-state index contributed by atoms with van der Waals surface area (Å²) >= 11 is 0. The van der Waals surface area contributed by atoms with Crippen LogP contribution in [0.2, 0.25) is 0 Å². The molecule has 1 aromatic rings. The summed E-state index contributed by atoms with van der Waals surface area (Å²) in [6.45, 7) is 0. The number of pyridine rings is 1. The Morgan fingerprint density at radius 3 is 2.55 bits per heavy atom. The number of nitrogens with zero attached hydrogens (tertiary/aromatic N) is 2. The predicted molar refractivity (Wildman–Crippen MR) is 39.7 cm³/mol. The summed E-state index contributed by atoms with van der Waals surface area (Å²) in [6.07, 6.45) is 0. The van der Waals surface area contributed by atoms with Crippen molar-refractivity contribution in [3.05, 3.63) is 22.2 Å². The lowest BCUT2D eigenvalue weighted by Crippen LogP contribution is -2.00. The van der Waals surface area contributed by atoms with E-state index in [2.05, 4.69) is 4.98 Å². The molecule has 6 nitrogen and oxygen atoms in total. The highest BCUT2D eigenvalue weighted by atomic mass is 16.6. The van der Waals surface area contributed by atoms with Gasteiger partial charge in [0.15, 0.2) is 0 Å². The molecule has 0 amide bonds. The molecule has 0 aliphatic carbocycles. The van der Waals surface area contributed by atoms with Gasteiger partial charge in [-0.1, -0.05) is 0 Å². The first-order valence-electron chi connectivity index (χ1n) is 2.77. The maximum atomic E-state index is 10.1. The number of hydrogen-bond donors (Lipinski definition) is 2. The van der Waals surface area contributed by atoms with E-state index in [1.54, 1.807) is 0 Å². The highest BCUT2D eigenvalue weighted by molar-refractivity contribution is 5.59. The van der Waals surface area contributed by atoms with Crippen molar-refractivity contribution in [2.45, 2.75) is 0 Å². The molecular formula is C5H6N4O2. The zero-order valence-electron chi connectivity index (χ0n) is 5.52. The highest BCUT2D eigenvalue weighted by Gasteiger charge is 2.09. The normalized spacial score (nSPS) is 9.45. The van der Waals surface area contributed by atoms with E-state index in [9.17, 15) is 10.1 Å². The molecule has 0 bridgehead atoms. The molecule has 11 heavy (non-hydrogen) atoms. The summed E-state index contributed by atoms with van der Waals surface area (Å²) in [7, 11) is 0. The second kappa shape index (κ2) is 2.41. The highest BCUT2D eigenvalue weighted by Crippen LogP contribution is 2.15. The summed E-state index contributed by atoms with van der Waals surface area (Å²) in [5.74, 6) is -0.309. The van der Waals surface area contributed by atoms with Crippen LogP contribution in [-0.2, 0) is 0 Å². The maximum absolute atomic E-state index is 10.1. The molecule has 0 aliphatic rings. The molecule has 0 saturated carbocycles. The Morgan fingerprint density at radius 1 is 1.45 bits per heavy atom. The summed E-state index contributed by atoms with van der Waals surface area (Å²) in [5, 5.41) is 10.1. The molecule has 6 heteroatoms. The van der Waals surface area contributed by atoms with E-state index in [1.165, 1.54) is 12.1 Å². The van der Waals surface area contributed by atoms with Crippen LogP contribution in [0, 0.1) is 10.1 Å². The third-order valence-corrected chi connectivity index (χ3v) is 1.13. The van der Waals surface area contributed by atoms with Crippen LogP contribution >= 0.6 is 0 Å². The van der Waals surface area contributed by atoms with Gasteiger partial charge in [-0.25, -0.2) is 0 Å². The van der Waals surface area contributed by atoms with Crippen LogP contribution < -0.4 is 11.5 Å². The van der Waals surface area contributed by atoms with E-state index >= 15 is 0 Å². The van der Waals surface area contributed by atoms with Crippen LogP contribution in [0.25, 0.3) is 0 Å². The molecular weight excluding hydrogens is 148 g/mol. The fourth-order valence-electron chi connectivity index (χ4n) is 0.577. The first-order chi connectivity index (χ1) is 5.11. The molecule has 0 aliphatic heterocycles. The van der Waals surface area contributed by atoms with Gasteiger partial charge in [-0.05, 0) is 16.0 Å². The number of anilines is 2. The maximum Gasteiger partial charge on any atom is 0.365 e. The van der Waals surface area contributed by atoms with Crippen LogP contribution in [0.5, 0.6) is 0 Å². The lowest BCUT2D eigenvalue weighted by Gasteiger charge is -1.93. The largest absolute Gasteiger partial charge is 0.394 e. The van der Waals surface area contributed by atoms with Gasteiger partial charge in [0.1, 0.15) is 5.69 Å². The quantitative estimate of drug-likeness (QED) is 0.442. The summed E-state index contributed by atoms with van der Waals surface area (Å²) in [6, 6.07) is 2.55. The molecule has 0 atom stereocenters. The van der Waals surface area contributed by atoms with Crippen LogP contribution in [0.3, 0.4) is 0 Å².